The molecule has 0 saturated carbocycles. The van der Waals surface area contributed by atoms with Crippen molar-refractivity contribution in [3.8, 4) is 0 Å². The third-order valence-corrected chi connectivity index (χ3v) is 2.38. The summed E-state index contributed by atoms with van der Waals surface area (Å²) in [6.07, 6.45) is 3.61. The lowest BCUT2D eigenvalue weighted by Crippen LogP contribution is -2.11. The Bertz CT molecular complexity index is 540. The summed E-state index contributed by atoms with van der Waals surface area (Å²) in [5.74, 6) is -1.73. The standard InChI is InChI=1S/C14H12ClFO4/c1-2-13(17)19-7-8-20-14(18)6-4-10-3-5-12(16)11(15)9-10/h2-6,9H,1,7-8H2/b6-4+. The van der Waals surface area contributed by atoms with Crippen LogP contribution < -0.4 is 0 Å². The Labute approximate surface area is 120 Å². The van der Waals surface area contributed by atoms with Gasteiger partial charge in [-0.1, -0.05) is 24.2 Å². The molecular weight excluding hydrogens is 287 g/mol. The Morgan fingerprint density at radius 2 is 1.90 bits per heavy atom. The van der Waals surface area contributed by atoms with E-state index in [0.717, 1.165) is 6.08 Å². The van der Waals surface area contributed by atoms with Gasteiger partial charge < -0.3 is 9.47 Å². The average Bonchev–Trinajstić information content (AvgIpc) is 2.44. The van der Waals surface area contributed by atoms with Gasteiger partial charge in [0.1, 0.15) is 19.0 Å². The molecule has 0 fully saturated rings. The molecule has 0 spiro atoms. The van der Waals surface area contributed by atoms with Crippen LogP contribution in [0.15, 0.2) is 36.9 Å². The fraction of sp³-hybridized carbons (Fsp3) is 0.143. The van der Waals surface area contributed by atoms with Gasteiger partial charge in [-0.3, -0.25) is 0 Å². The summed E-state index contributed by atoms with van der Waals surface area (Å²) < 4.78 is 22.3. The van der Waals surface area contributed by atoms with Crippen molar-refractivity contribution in [2.75, 3.05) is 13.2 Å². The second-order valence-corrected chi connectivity index (χ2v) is 3.95. The second kappa shape index (κ2) is 8.12. The lowest BCUT2D eigenvalue weighted by molar-refractivity contribution is -0.145. The molecule has 1 aromatic rings. The lowest BCUT2D eigenvalue weighted by Gasteiger charge is -2.02. The van der Waals surface area contributed by atoms with Crippen molar-refractivity contribution in [3.05, 3.63) is 53.3 Å². The predicted octanol–water partition coefficient (Wildman–Crippen LogP) is 2.76. The van der Waals surface area contributed by atoms with E-state index in [0.29, 0.717) is 5.56 Å². The largest absolute Gasteiger partial charge is 0.459 e. The molecule has 0 aromatic heterocycles. The van der Waals surface area contributed by atoms with E-state index in [1.807, 2.05) is 0 Å². The highest BCUT2D eigenvalue weighted by atomic mass is 35.5. The zero-order valence-corrected chi connectivity index (χ0v) is 11.2. The number of hydrogen-bond acceptors (Lipinski definition) is 4. The average molecular weight is 299 g/mol. The van der Waals surface area contributed by atoms with Gasteiger partial charge in [0.2, 0.25) is 0 Å². The molecular formula is C14H12ClFO4. The molecule has 106 valence electrons. The summed E-state index contributed by atoms with van der Waals surface area (Å²) in [4.78, 5) is 22.0. The maximum absolute atomic E-state index is 12.9. The molecule has 1 aromatic carbocycles. The molecule has 6 heteroatoms. The summed E-state index contributed by atoms with van der Waals surface area (Å²) in [6.45, 7) is 3.11. The fourth-order valence-electron chi connectivity index (χ4n) is 1.17. The Hall–Kier alpha value is -2.14. The Balaban J connectivity index is 2.38. The molecule has 0 saturated heterocycles. The summed E-state index contributed by atoms with van der Waals surface area (Å²) in [7, 11) is 0. The molecule has 0 aliphatic carbocycles. The number of carbonyl (C=O) groups excluding carboxylic acids is 2. The van der Waals surface area contributed by atoms with Crippen molar-refractivity contribution < 1.29 is 23.5 Å². The normalized spacial score (nSPS) is 10.3. The Morgan fingerprint density at radius 3 is 2.50 bits per heavy atom. The first kappa shape index (κ1) is 15.9. The highest BCUT2D eigenvalue weighted by molar-refractivity contribution is 6.30. The van der Waals surface area contributed by atoms with Crippen molar-refractivity contribution in [3.63, 3.8) is 0 Å². The molecule has 0 amide bonds. The van der Waals surface area contributed by atoms with Crippen molar-refractivity contribution in [2.24, 2.45) is 0 Å². The van der Waals surface area contributed by atoms with Crippen molar-refractivity contribution >= 4 is 29.6 Å². The van der Waals surface area contributed by atoms with E-state index < -0.39 is 17.8 Å². The number of rotatable bonds is 6. The van der Waals surface area contributed by atoms with Crippen LogP contribution in [0.1, 0.15) is 5.56 Å². The van der Waals surface area contributed by atoms with Crippen LogP contribution in [0.2, 0.25) is 5.02 Å². The molecule has 0 aliphatic rings. The summed E-state index contributed by atoms with van der Waals surface area (Å²) in [6, 6.07) is 4.05. The molecule has 0 aliphatic heterocycles. The summed E-state index contributed by atoms with van der Waals surface area (Å²) in [5, 5.41) is -0.0307. The van der Waals surface area contributed by atoms with Crippen LogP contribution in [-0.2, 0) is 19.1 Å². The third-order valence-electron chi connectivity index (χ3n) is 2.09. The van der Waals surface area contributed by atoms with Gasteiger partial charge in [0.05, 0.1) is 5.02 Å². The van der Waals surface area contributed by atoms with Gasteiger partial charge in [-0.2, -0.15) is 0 Å². The number of halogens is 2. The summed E-state index contributed by atoms with van der Waals surface area (Å²) in [5.41, 5.74) is 0.562. The third kappa shape index (κ3) is 5.67. The van der Waals surface area contributed by atoms with Gasteiger partial charge in [0.25, 0.3) is 0 Å². The van der Waals surface area contributed by atoms with E-state index in [9.17, 15) is 14.0 Å². The number of carbonyl (C=O) groups is 2. The smallest absolute Gasteiger partial charge is 0.330 e. The van der Waals surface area contributed by atoms with Gasteiger partial charge in [-0.05, 0) is 23.8 Å². The van der Waals surface area contributed by atoms with Gasteiger partial charge in [0, 0.05) is 12.2 Å². The zero-order valence-electron chi connectivity index (χ0n) is 10.5. The molecule has 0 N–H and O–H groups in total. The zero-order chi connectivity index (χ0) is 15.0. The van der Waals surface area contributed by atoms with Gasteiger partial charge in [0.15, 0.2) is 0 Å². The van der Waals surface area contributed by atoms with E-state index in [2.05, 4.69) is 11.3 Å². The van der Waals surface area contributed by atoms with Crippen molar-refractivity contribution in [1.82, 2.24) is 0 Å². The van der Waals surface area contributed by atoms with E-state index in [4.69, 9.17) is 16.3 Å². The maximum Gasteiger partial charge on any atom is 0.330 e. The number of ether oxygens (including phenoxy) is 2. The van der Waals surface area contributed by atoms with E-state index in [1.165, 1.54) is 30.4 Å². The molecule has 0 atom stereocenters. The van der Waals surface area contributed by atoms with Crippen LogP contribution >= 0.6 is 11.6 Å². The van der Waals surface area contributed by atoms with Crippen LogP contribution in [0.5, 0.6) is 0 Å². The second-order valence-electron chi connectivity index (χ2n) is 3.55. The van der Waals surface area contributed by atoms with E-state index in [-0.39, 0.29) is 18.2 Å². The minimum Gasteiger partial charge on any atom is -0.459 e. The minimum atomic E-state index is -0.611. The first-order valence-electron chi connectivity index (χ1n) is 5.62. The maximum atomic E-state index is 12.9. The van der Waals surface area contributed by atoms with Crippen molar-refractivity contribution in [2.45, 2.75) is 0 Å². The highest BCUT2D eigenvalue weighted by Crippen LogP contribution is 2.16. The molecule has 1 rings (SSSR count). The number of hydrogen-bond donors (Lipinski definition) is 0. The van der Waals surface area contributed by atoms with Crippen LogP contribution in [0.25, 0.3) is 6.08 Å². The van der Waals surface area contributed by atoms with E-state index in [1.54, 1.807) is 0 Å². The highest BCUT2D eigenvalue weighted by Gasteiger charge is 2.01. The molecule has 0 bridgehead atoms. The molecule has 0 heterocycles. The molecule has 0 unspecified atom stereocenters. The van der Waals surface area contributed by atoms with Gasteiger partial charge in [-0.25, -0.2) is 14.0 Å². The fourth-order valence-corrected chi connectivity index (χ4v) is 1.36. The number of esters is 2. The monoisotopic (exact) mass is 298 g/mol. The van der Waals surface area contributed by atoms with Crippen LogP contribution in [0.3, 0.4) is 0 Å². The lowest BCUT2D eigenvalue weighted by atomic mass is 10.2. The molecule has 0 radical (unpaired) electrons. The van der Waals surface area contributed by atoms with Gasteiger partial charge in [-0.15, -0.1) is 0 Å². The first-order chi connectivity index (χ1) is 9.52. The molecule has 4 nitrogen and oxygen atoms in total. The first-order valence-corrected chi connectivity index (χ1v) is 6.00. The van der Waals surface area contributed by atoms with E-state index >= 15 is 0 Å². The number of benzene rings is 1. The quantitative estimate of drug-likeness (QED) is 0.460. The SMILES string of the molecule is C=CC(=O)OCCOC(=O)/C=C/c1ccc(F)c(Cl)c1. The van der Waals surface area contributed by atoms with Gasteiger partial charge >= 0.3 is 11.9 Å². The van der Waals surface area contributed by atoms with Crippen LogP contribution in [0.4, 0.5) is 4.39 Å². The minimum absolute atomic E-state index is 0.0307. The Morgan fingerprint density at radius 1 is 1.25 bits per heavy atom. The van der Waals surface area contributed by atoms with Crippen LogP contribution in [-0.4, -0.2) is 25.2 Å². The molecule has 20 heavy (non-hydrogen) atoms. The van der Waals surface area contributed by atoms with Crippen molar-refractivity contribution in [1.29, 1.82) is 0 Å². The topological polar surface area (TPSA) is 52.6 Å². The predicted molar refractivity (Wildman–Crippen MR) is 72.6 cm³/mol. The van der Waals surface area contributed by atoms with Crippen LogP contribution in [0, 0.1) is 5.82 Å². The Kier molecular flexibility index (Phi) is 6.46. The summed E-state index contributed by atoms with van der Waals surface area (Å²) >= 11 is 5.59.